The highest BCUT2D eigenvalue weighted by Gasteiger charge is 2.19. The number of hydrogen-bond acceptors (Lipinski definition) is 3. The highest BCUT2D eigenvalue weighted by molar-refractivity contribution is 5.03. The minimum Gasteiger partial charge on any atom is -0.396 e. The van der Waals surface area contributed by atoms with Gasteiger partial charge in [-0.2, -0.15) is 5.10 Å². The van der Waals surface area contributed by atoms with E-state index in [-0.39, 0.29) is 0 Å². The summed E-state index contributed by atoms with van der Waals surface area (Å²) in [5, 5.41) is 13.3. The lowest BCUT2D eigenvalue weighted by molar-refractivity contribution is 0.142. The molecular formula is C13H23N3O. The molecule has 17 heavy (non-hydrogen) atoms. The summed E-state index contributed by atoms with van der Waals surface area (Å²) in [6, 6.07) is 0. The van der Waals surface area contributed by atoms with Gasteiger partial charge in [-0.3, -0.25) is 9.58 Å². The highest BCUT2D eigenvalue weighted by Crippen LogP contribution is 2.20. The van der Waals surface area contributed by atoms with Crippen LogP contribution in [0.15, 0.2) is 12.4 Å². The third kappa shape index (κ3) is 3.54. The standard InChI is InChI=1S/C13H23N3O/c1-2-16-11-13(8-14-16)10-15-6-3-4-12(9-15)5-7-17/h8,11-12,17H,2-7,9-10H2,1H3. The molecule has 1 aliphatic heterocycles. The van der Waals surface area contributed by atoms with E-state index >= 15 is 0 Å². The molecule has 4 heteroatoms. The van der Waals surface area contributed by atoms with Crippen molar-refractivity contribution in [2.75, 3.05) is 19.7 Å². The van der Waals surface area contributed by atoms with E-state index in [2.05, 4.69) is 23.1 Å². The van der Waals surface area contributed by atoms with E-state index in [0.29, 0.717) is 12.5 Å². The highest BCUT2D eigenvalue weighted by atomic mass is 16.3. The number of piperidine rings is 1. The van der Waals surface area contributed by atoms with Crippen LogP contribution in [0.25, 0.3) is 0 Å². The molecule has 0 aromatic carbocycles. The Balaban J connectivity index is 1.85. The second-order valence-electron chi connectivity index (χ2n) is 4.96. The maximum atomic E-state index is 9.00. The van der Waals surface area contributed by atoms with Gasteiger partial charge in [0.2, 0.25) is 0 Å². The van der Waals surface area contributed by atoms with E-state index in [1.54, 1.807) is 0 Å². The van der Waals surface area contributed by atoms with Gasteiger partial charge >= 0.3 is 0 Å². The molecule has 1 aliphatic rings. The van der Waals surface area contributed by atoms with Gasteiger partial charge in [0.25, 0.3) is 0 Å². The zero-order valence-corrected chi connectivity index (χ0v) is 10.7. The quantitative estimate of drug-likeness (QED) is 0.843. The molecule has 0 amide bonds. The van der Waals surface area contributed by atoms with Gasteiger partial charge in [0.15, 0.2) is 0 Å². The fourth-order valence-corrected chi connectivity index (χ4v) is 2.63. The zero-order valence-electron chi connectivity index (χ0n) is 10.7. The minimum absolute atomic E-state index is 0.326. The largest absolute Gasteiger partial charge is 0.396 e. The molecule has 2 heterocycles. The monoisotopic (exact) mass is 237 g/mol. The summed E-state index contributed by atoms with van der Waals surface area (Å²) in [6.45, 7) is 6.67. The van der Waals surface area contributed by atoms with Gasteiger partial charge in [0, 0.05) is 38.0 Å². The topological polar surface area (TPSA) is 41.3 Å². The fourth-order valence-electron chi connectivity index (χ4n) is 2.63. The SMILES string of the molecule is CCn1cc(CN2CCCC(CCO)C2)cn1. The maximum absolute atomic E-state index is 9.00. The van der Waals surface area contributed by atoms with Gasteiger partial charge in [-0.1, -0.05) is 0 Å². The van der Waals surface area contributed by atoms with Crippen LogP contribution in [0.2, 0.25) is 0 Å². The number of hydrogen-bond donors (Lipinski definition) is 1. The number of likely N-dealkylation sites (tertiary alicyclic amines) is 1. The maximum Gasteiger partial charge on any atom is 0.0534 e. The number of nitrogens with zero attached hydrogens (tertiary/aromatic N) is 3. The van der Waals surface area contributed by atoms with E-state index in [9.17, 15) is 0 Å². The van der Waals surface area contributed by atoms with Gasteiger partial charge in [-0.05, 0) is 38.6 Å². The number of rotatable bonds is 5. The van der Waals surface area contributed by atoms with Crippen molar-refractivity contribution >= 4 is 0 Å². The predicted octanol–water partition coefficient (Wildman–Crippen LogP) is 1.50. The van der Waals surface area contributed by atoms with Crippen LogP contribution in [0.3, 0.4) is 0 Å². The molecule has 0 bridgehead atoms. The van der Waals surface area contributed by atoms with E-state index in [0.717, 1.165) is 26.1 Å². The van der Waals surface area contributed by atoms with E-state index in [1.165, 1.54) is 24.9 Å². The lowest BCUT2D eigenvalue weighted by Gasteiger charge is -2.32. The van der Waals surface area contributed by atoms with E-state index in [4.69, 9.17) is 5.11 Å². The van der Waals surface area contributed by atoms with Crippen LogP contribution in [-0.4, -0.2) is 39.5 Å². The third-order valence-electron chi connectivity index (χ3n) is 3.56. The lowest BCUT2D eigenvalue weighted by Crippen LogP contribution is -2.35. The molecular weight excluding hydrogens is 214 g/mol. The molecule has 1 N–H and O–H groups in total. The van der Waals surface area contributed by atoms with Gasteiger partial charge in [0.1, 0.15) is 0 Å². The Morgan fingerprint density at radius 3 is 3.12 bits per heavy atom. The summed E-state index contributed by atoms with van der Waals surface area (Å²) < 4.78 is 1.98. The van der Waals surface area contributed by atoms with Crippen LogP contribution >= 0.6 is 0 Å². The van der Waals surface area contributed by atoms with Crippen LogP contribution in [0.5, 0.6) is 0 Å². The Hall–Kier alpha value is -0.870. The predicted molar refractivity (Wildman–Crippen MR) is 67.6 cm³/mol. The van der Waals surface area contributed by atoms with Crippen LogP contribution in [0.4, 0.5) is 0 Å². The van der Waals surface area contributed by atoms with Gasteiger partial charge in [-0.15, -0.1) is 0 Å². The summed E-state index contributed by atoms with van der Waals surface area (Å²) in [4.78, 5) is 2.49. The molecule has 96 valence electrons. The average molecular weight is 237 g/mol. The zero-order chi connectivity index (χ0) is 12.1. The molecule has 1 aromatic heterocycles. The van der Waals surface area contributed by atoms with Gasteiger partial charge in [-0.25, -0.2) is 0 Å². The van der Waals surface area contributed by atoms with Crippen molar-refractivity contribution in [1.82, 2.24) is 14.7 Å². The summed E-state index contributed by atoms with van der Waals surface area (Å²) in [6.07, 6.45) is 7.58. The first-order valence-corrected chi connectivity index (χ1v) is 6.66. The molecule has 1 fully saturated rings. The Labute approximate surface area is 103 Å². The van der Waals surface area contributed by atoms with Crippen molar-refractivity contribution in [2.24, 2.45) is 5.92 Å². The molecule has 0 radical (unpaired) electrons. The van der Waals surface area contributed by atoms with Crippen LogP contribution in [0.1, 0.15) is 31.7 Å². The van der Waals surface area contributed by atoms with Crippen molar-refractivity contribution in [3.63, 3.8) is 0 Å². The molecule has 1 saturated heterocycles. The molecule has 0 saturated carbocycles. The van der Waals surface area contributed by atoms with Crippen molar-refractivity contribution < 1.29 is 5.11 Å². The van der Waals surface area contributed by atoms with E-state index in [1.807, 2.05) is 10.9 Å². The van der Waals surface area contributed by atoms with E-state index < -0.39 is 0 Å². The number of aromatic nitrogens is 2. The second-order valence-corrected chi connectivity index (χ2v) is 4.96. The average Bonchev–Trinajstić information content (AvgIpc) is 2.78. The van der Waals surface area contributed by atoms with Crippen LogP contribution in [0, 0.1) is 5.92 Å². The number of aliphatic hydroxyl groups excluding tert-OH is 1. The second kappa shape index (κ2) is 6.17. The molecule has 0 spiro atoms. The lowest BCUT2D eigenvalue weighted by atomic mass is 9.95. The summed E-state index contributed by atoms with van der Waals surface area (Å²) in [7, 11) is 0. The van der Waals surface area contributed by atoms with Gasteiger partial charge < -0.3 is 5.11 Å². The van der Waals surface area contributed by atoms with Crippen molar-refractivity contribution in [3.05, 3.63) is 18.0 Å². The Bertz CT molecular complexity index is 335. The smallest absolute Gasteiger partial charge is 0.0534 e. The molecule has 2 rings (SSSR count). The molecule has 0 aliphatic carbocycles. The molecule has 1 unspecified atom stereocenters. The Kier molecular flexibility index (Phi) is 4.57. The number of aliphatic hydroxyl groups is 1. The minimum atomic E-state index is 0.326. The summed E-state index contributed by atoms with van der Waals surface area (Å²) >= 11 is 0. The van der Waals surface area contributed by atoms with Gasteiger partial charge in [0.05, 0.1) is 6.20 Å². The summed E-state index contributed by atoms with van der Waals surface area (Å²) in [5.74, 6) is 0.676. The normalized spacial score (nSPS) is 21.9. The van der Waals surface area contributed by atoms with Crippen molar-refractivity contribution in [3.8, 4) is 0 Å². The Morgan fingerprint density at radius 2 is 2.41 bits per heavy atom. The van der Waals surface area contributed by atoms with Crippen molar-refractivity contribution in [2.45, 2.75) is 39.3 Å². The third-order valence-corrected chi connectivity index (χ3v) is 3.56. The van der Waals surface area contributed by atoms with Crippen LogP contribution < -0.4 is 0 Å². The van der Waals surface area contributed by atoms with Crippen LogP contribution in [-0.2, 0) is 13.1 Å². The molecule has 4 nitrogen and oxygen atoms in total. The summed E-state index contributed by atoms with van der Waals surface area (Å²) in [5.41, 5.74) is 1.30. The first-order chi connectivity index (χ1) is 8.31. The molecule has 1 aromatic rings. The first-order valence-electron chi connectivity index (χ1n) is 6.66. The Morgan fingerprint density at radius 1 is 1.53 bits per heavy atom. The number of aryl methyl sites for hydroxylation is 1. The molecule has 1 atom stereocenters. The fraction of sp³-hybridized carbons (Fsp3) is 0.769. The van der Waals surface area contributed by atoms with Crippen molar-refractivity contribution in [1.29, 1.82) is 0 Å². The first kappa shape index (κ1) is 12.6.